The molecule has 4 heteroatoms. The van der Waals surface area contributed by atoms with Gasteiger partial charge < -0.3 is 10.4 Å². The number of carboxylic acids is 1. The van der Waals surface area contributed by atoms with Crippen molar-refractivity contribution in [3.8, 4) is 0 Å². The van der Waals surface area contributed by atoms with E-state index in [4.69, 9.17) is 5.11 Å². The summed E-state index contributed by atoms with van der Waals surface area (Å²) in [6, 6.07) is 14.5. The summed E-state index contributed by atoms with van der Waals surface area (Å²) in [6.45, 7) is 0. The first-order valence-electron chi connectivity index (χ1n) is 7.61. The maximum Gasteiger partial charge on any atom is 0.329 e. The van der Waals surface area contributed by atoms with Crippen molar-refractivity contribution in [2.75, 3.05) is 0 Å². The van der Waals surface area contributed by atoms with Crippen LogP contribution in [0.4, 0.5) is 0 Å². The lowest BCUT2D eigenvalue weighted by Gasteiger charge is -2.12. The SMILES string of the molecule is O=C(CCCc1ccc2ccccc2c1)NC1(C(=O)O)CC1. The third-order valence-corrected chi connectivity index (χ3v) is 4.22. The highest BCUT2D eigenvalue weighted by atomic mass is 16.4. The standard InChI is InChI=1S/C18H19NO3/c20-16(19-18(10-11-18)17(21)22)7-3-4-13-8-9-14-5-1-2-6-15(14)12-13/h1-2,5-6,8-9,12H,3-4,7,10-11H2,(H,19,20)(H,21,22). The molecule has 2 aromatic rings. The molecule has 0 saturated heterocycles. The van der Waals surface area contributed by atoms with Crippen LogP contribution in [0.3, 0.4) is 0 Å². The monoisotopic (exact) mass is 297 g/mol. The second-order valence-corrected chi connectivity index (χ2v) is 5.97. The second-order valence-electron chi connectivity index (χ2n) is 5.97. The molecule has 1 aliphatic carbocycles. The first-order valence-corrected chi connectivity index (χ1v) is 7.61. The van der Waals surface area contributed by atoms with Crippen LogP contribution in [0.2, 0.25) is 0 Å². The van der Waals surface area contributed by atoms with Gasteiger partial charge in [-0.3, -0.25) is 4.79 Å². The summed E-state index contributed by atoms with van der Waals surface area (Å²) in [6.07, 6.45) is 2.98. The molecule has 1 fully saturated rings. The van der Waals surface area contributed by atoms with Crippen LogP contribution < -0.4 is 5.32 Å². The van der Waals surface area contributed by atoms with Crippen molar-refractivity contribution >= 4 is 22.6 Å². The summed E-state index contributed by atoms with van der Waals surface area (Å²) in [4.78, 5) is 22.9. The number of aliphatic carboxylic acids is 1. The van der Waals surface area contributed by atoms with Gasteiger partial charge in [0.1, 0.15) is 5.54 Å². The summed E-state index contributed by atoms with van der Waals surface area (Å²) in [5.74, 6) is -1.09. The highest BCUT2D eigenvalue weighted by molar-refractivity contribution is 5.89. The van der Waals surface area contributed by atoms with Gasteiger partial charge in [0.2, 0.25) is 5.91 Å². The molecule has 0 heterocycles. The van der Waals surface area contributed by atoms with Crippen molar-refractivity contribution in [2.24, 2.45) is 0 Å². The first-order chi connectivity index (χ1) is 10.6. The van der Waals surface area contributed by atoms with Crippen LogP contribution in [0.15, 0.2) is 42.5 Å². The van der Waals surface area contributed by atoms with E-state index in [0.29, 0.717) is 19.3 Å². The van der Waals surface area contributed by atoms with Gasteiger partial charge in [-0.25, -0.2) is 4.79 Å². The van der Waals surface area contributed by atoms with Crippen LogP contribution in [0.5, 0.6) is 0 Å². The smallest absolute Gasteiger partial charge is 0.329 e. The number of carbonyl (C=O) groups is 2. The van der Waals surface area contributed by atoms with Gasteiger partial charge in [0.05, 0.1) is 0 Å². The Morgan fingerprint density at radius 2 is 1.82 bits per heavy atom. The maximum atomic E-state index is 11.8. The molecular formula is C18H19NO3. The lowest BCUT2D eigenvalue weighted by atomic mass is 10.0. The summed E-state index contributed by atoms with van der Waals surface area (Å²) in [5.41, 5.74) is 0.228. The van der Waals surface area contributed by atoms with E-state index in [9.17, 15) is 9.59 Å². The molecular weight excluding hydrogens is 278 g/mol. The van der Waals surface area contributed by atoms with Gasteiger partial charge in [0.25, 0.3) is 0 Å². The third-order valence-electron chi connectivity index (χ3n) is 4.22. The number of hydrogen-bond donors (Lipinski definition) is 2. The van der Waals surface area contributed by atoms with E-state index in [0.717, 1.165) is 12.8 Å². The van der Waals surface area contributed by atoms with E-state index >= 15 is 0 Å². The van der Waals surface area contributed by atoms with Crippen LogP contribution >= 0.6 is 0 Å². The summed E-state index contributed by atoms with van der Waals surface area (Å²) < 4.78 is 0. The van der Waals surface area contributed by atoms with Crippen molar-refractivity contribution in [1.82, 2.24) is 5.32 Å². The molecule has 0 radical (unpaired) electrons. The van der Waals surface area contributed by atoms with E-state index in [2.05, 4.69) is 35.6 Å². The van der Waals surface area contributed by atoms with Gasteiger partial charge in [0, 0.05) is 6.42 Å². The lowest BCUT2D eigenvalue weighted by Crippen LogP contribution is -2.42. The van der Waals surface area contributed by atoms with Gasteiger partial charge in [-0.1, -0.05) is 42.5 Å². The molecule has 3 rings (SSSR count). The zero-order valence-corrected chi connectivity index (χ0v) is 12.3. The van der Waals surface area contributed by atoms with E-state index in [-0.39, 0.29) is 5.91 Å². The van der Waals surface area contributed by atoms with Crippen LogP contribution in [-0.4, -0.2) is 22.5 Å². The fourth-order valence-electron chi connectivity index (χ4n) is 2.69. The summed E-state index contributed by atoms with van der Waals surface area (Å²) in [7, 11) is 0. The Morgan fingerprint density at radius 3 is 2.50 bits per heavy atom. The average Bonchev–Trinajstić information content (AvgIpc) is 3.28. The number of carbonyl (C=O) groups excluding carboxylic acids is 1. The molecule has 114 valence electrons. The molecule has 2 N–H and O–H groups in total. The Balaban J connectivity index is 1.51. The second kappa shape index (κ2) is 5.79. The van der Waals surface area contributed by atoms with Crippen molar-refractivity contribution in [3.05, 3.63) is 48.0 Å². The molecule has 1 aliphatic rings. The number of aryl methyl sites for hydroxylation is 1. The van der Waals surface area contributed by atoms with E-state index in [1.54, 1.807) is 0 Å². The largest absolute Gasteiger partial charge is 0.480 e. The fourth-order valence-corrected chi connectivity index (χ4v) is 2.69. The average molecular weight is 297 g/mol. The minimum Gasteiger partial charge on any atom is -0.480 e. The van der Waals surface area contributed by atoms with Crippen LogP contribution in [0.1, 0.15) is 31.2 Å². The zero-order valence-electron chi connectivity index (χ0n) is 12.3. The molecule has 0 aliphatic heterocycles. The molecule has 0 bridgehead atoms. The zero-order chi connectivity index (χ0) is 15.6. The van der Waals surface area contributed by atoms with Gasteiger partial charge in [0.15, 0.2) is 0 Å². The van der Waals surface area contributed by atoms with Crippen LogP contribution in [-0.2, 0) is 16.0 Å². The number of carboxylic acid groups (broad SMARTS) is 1. The fraction of sp³-hybridized carbons (Fsp3) is 0.333. The van der Waals surface area contributed by atoms with Gasteiger partial charge in [-0.05, 0) is 42.0 Å². The van der Waals surface area contributed by atoms with E-state index in [1.165, 1.54) is 16.3 Å². The van der Waals surface area contributed by atoms with Crippen molar-refractivity contribution in [1.29, 1.82) is 0 Å². The molecule has 1 saturated carbocycles. The van der Waals surface area contributed by atoms with Crippen molar-refractivity contribution in [2.45, 2.75) is 37.6 Å². The minimum atomic E-state index is -0.972. The molecule has 2 aromatic carbocycles. The maximum absolute atomic E-state index is 11.8. The highest BCUT2D eigenvalue weighted by Crippen LogP contribution is 2.35. The molecule has 1 amide bonds. The molecule has 0 aromatic heterocycles. The predicted molar refractivity (Wildman–Crippen MR) is 84.6 cm³/mol. The van der Waals surface area contributed by atoms with Gasteiger partial charge >= 0.3 is 5.97 Å². The predicted octanol–water partition coefficient (Wildman–Crippen LogP) is 2.90. The van der Waals surface area contributed by atoms with Gasteiger partial charge in [-0.15, -0.1) is 0 Å². The highest BCUT2D eigenvalue weighted by Gasteiger charge is 2.51. The Kier molecular flexibility index (Phi) is 3.84. The molecule has 0 unspecified atom stereocenters. The number of nitrogens with one attached hydrogen (secondary N) is 1. The summed E-state index contributed by atoms with van der Waals surface area (Å²) >= 11 is 0. The minimum absolute atomic E-state index is 0.166. The topological polar surface area (TPSA) is 66.4 Å². The quantitative estimate of drug-likeness (QED) is 0.861. The molecule has 0 spiro atoms. The Hall–Kier alpha value is -2.36. The molecule has 22 heavy (non-hydrogen) atoms. The molecule has 0 atom stereocenters. The van der Waals surface area contributed by atoms with E-state index < -0.39 is 11.5 Å². The van der Waals surface area contributed by atoms with Crippen molar-refractivity contribution < 1.29 is 14.7 Å². The lowest BCUT2D eigenvalue weighted by molar-refractivity contribution is -0.143. The van der Waals surface area contributed by atoms with Crippen molar-refractivity contribution in [3.63, 3.8) is 0 Å². The Morgan fingerprint density at radius 1 is 1.09 bits per heavy atom. The Labute approximate surface area is 129 Å². The summed E-state index contributed by atoms with van der Waals surface area (Å²) in [5, 5.41) is 14.1. The van der Waals surface area contributed by atoms with Gasteiger partial charge in [-0.2, -0.15) is 0 Å². The number of fused-ring (bicyclic) bond motifs is 1. The number of amides is 1. The third kappa shape index (κ3) is 3.11. The molecule has 4 nitrogen and oxygen atoms in total. The van der Waals surface area contributed by atoms with Crippen LogP contribution in [0, 0.1) is 0 Å². The normalized spacial score (nSPS) is 15.5. The number of rotatable bonds is 6. The Bertz CT molecular complexity index is 719. The van der Waals surface area contributed by atoms with E-state index in [1.807, 2.05) is 12.1 Å². The first kappa shape index (κ1) is 14.6. The number of benzene rings is 2. The number of hydrogen-bond acceptors (Lipinski definition) is 2. The van der Waals surface area contributed by atoms with Crippen LogP contribution in [0.25, 0.3) is 10.8 Å².